The molecule has 0 radical (unpaired) electrons. The van der Waals surface area contributed by atoms with Crippen LogP contribution < -0.4 is 21.7 Å². The smallest absolute Gasteiger partial charge is 0.326 e. The van der Waals surface area contributed by atoms with E-state index in [4.69, 9.17) is 10.8 Å². The predicted molar refractivity (Wildman–Crippen MR) is 111 cm³/mol. The first kappa shape index (κ1) is 29.2. The third-order valence-corrected chi connectivity index (χ3v) is 4.49. The van der Waals surface area contributed by atoms with Gasteiger partial charge in [-0.05, 0) is 32.6 Å². The number of aliphatic hydroxyl groups excluding tert-OH is 2. The monoisotopic (exact) mass is 462 g/mol. The van der Waals surface area contributed by atoms with Gasteiger partial charge in [0.2, 0.25) is 17.7 Å². The van der Waals surface area contributed by atoms with Crippen LogP contribution >= 0.6 is 0 Å². The summed E-state index contributed by atoms with van der Waals surface area (Å²) in [5, 5.41) is 44.2. The van der Waals surface area contributed by atoms with Gasteiger partial charge in [0.05, 0.1) is 12.2 Å². The van der Waals surface area contributed by atoms with Crippen LogP contribution in [0.2, 0.25) is 0 Å². The van der Waals surface area contributed by atoms with E-state index in [0.717, 1.165) is 0 Å². The first-order chi connectivity index (χ1) is 14.7. The van der Waals surface area contributed by atoms with Crippen molar-refractivity contribution in [3.8, 4) is 0 Å². The highest BCUT2D eigenvalue weighted by Crippen LogP contribution is 2.07. The summed E-state index contributed by atoms with van der Waals surface area (Å²) >= 11 is 0. The third-order valence-electron chi connectivity index (χ3n) is 4.49. The van der Waals surface area contributed by atoms with Crippen LogP contribution in [0.1, 0.15) is 47.0 Å². The van der Waals surface area contributed by atoms with Crippen molar-refractivity contribution in [1.82, 2.24) is 16.0 Å². The molecule has 6 atom stereocenters. The molecule has 0 bridgehead atoms. The summed E-state index contributed by atoms with van der Waals surface area (Å²) < 4.78 is 0. The number of nitrogens with two attached hydrogens (primary N) is 1. The minimum Gasteiger partial charge on any atom is -0.481 e. The molecular formula is C19H34N4O9. The van der Waals surface area contributed by atoms with E-state index >= 15 is 0 Å². The molecule has 0 saturated heterocycles. The zero-order valence-corrected chi connectivity index (χ0v) is 18.6. The molecule has 13 nitrogen and oxygen atoms in total. The van der Waals surface area contributed by atoms with E-state index in [9.17, 15) is 39.3 Å². The first-order valence-corrected chi connectivity index (χ1v) is 10.1. The summed E-state index contributed by atoms with van der Waals surface area (Å²) in [7, 11) is 0. The predicted octanol–water partition coefficient (Wildman–Crippen LogP) is -2.47. The van der Waals surface area contributed by atoms with Crippen molar-refractivity contribution in [2.75, 3.05) is 0 Å². The van der Waals surface area contributed by atoms with Crippen LogP contribution in [0.3, 0.4) is 0 Å². The molecule has 9 N–H and O–H groups in total. The second-order valence-corrected chi connectivity index (χ2v) is 8.02. The summed E-state index contributed by atoms with van der Waals surface area (Å²) in [5.41, 5.74) is 5.52. The molecule has 0 aliphatic rings. The van der Waals surface area contributed by atoms with Gasteiger partial charge in [0, 0.05) is 6.42 Å². The maximum absolute atomic E-state index is 12.7. The van der Waals surface area contributed by atoms with Gasteiger partial charge in [-0.3, -0.25) is 19.2 Å². The summed E-state index contributed by atoms with van der Waals surface area (Å²) in [6.07, 6.45) is -3.45. The Morgan fingerprint density at radius 3 is 1.72 bits per heavy atom. The van der Waals surface area contributed by atoms with Crippen LogP contribution in [-0.4, -0.2) is 86.5 Å². The van der Waals surface area contributed by atoms with Crippen molar-refractivity contribution in [3.05, 3.63) is 0 Å². The lowest BCUT2D eigenvalue weighted by atomic mass is 10.0. The Kier molecular flexibility index (Phi) is 12.4. The van der Waals surface area contributed by atoms with Gasteiger partial charge in [-0.2, -0.15) is 0 Å². The van der Waals surface area contributed by atoms with Gasteiger partial charge >= 0.3 is 11.9 Å². The Balaban J connectivity index is 5.49. The zero-order chi connectivity index (χ0) is 25.2. The standard InChI is InChI=1S/C19H34N4O9/c1-8(2)7-12(19(31)32)22-18(30)15(10(4)25)23-16(28)11(5-6-13(26)27)21-17(29)14(20)9(3)24/h8-12,14-15,24-25H,5-7,20H2,1-4H3,(H,21,29)(H,22,30)(H,23,28)(H,26,27)(H,31,32). The lowest BCUT2D eigenvalue weighted by Gasteiger charge is -2.27. The highest BCUT2D eigenvalue weighted by Gasteiger charge is 2.33. The summed E-state index contributed by atoms with van der Waals surface area (Å²) in [4.78, 5) is 59.6. The number of amides is 3. The topological polar surface area (TPSA) is 228 Å². The molecule has 32 heavy (non-hydrogen) atoms. The van der Waals surface area contributed by atoms with E-state index in [-0.39, 0.29) is 18.8 Å². The molecule has 13 heteroatoms. The van der Waals surface area contributed by atoms with Gasteiger partial charge in [0.1, 0.15) is 24.2 Å². The lowest BCUT2D eigenvalue weighted by molar-refractivity contribution is -0.143. The van der Waals surface area contributed by atoms with Crippen LogP contribution in [0.15, 0.2) is 0 Å². The van der Waals surface area contributed by atoms with Crippen molar-refractivity contribution in [2.45, 2.75) is 83.3 Å². The van der Waals surface area contributed by atoms with Gasteiger partial charge in [0.15, 0.2) is 0 Å². The lowest BCUT2D eigenvalue weighted by Crippen LogP contribution is -2.60. The van der Waals surface area contributed by atoms with E-state index in [1.165, 1.54) is 13.8 Å². The average Bonchev–Trinajstić information content (AvgIpc) is 2.66. The van der Waals surface area contributed by atoms with Crippen molar-refractivity contribution < 1.29 is 44.4 Å². The van der Waals surface area contributed by atoms with E-state index in [1.54, 1.807) is 13.8 Å². The number of hydrogen-bond donors (Lipinski definition) is 8. The maximum Gasteiger partial charge on any atom is 0.326 e. The quantitative estimate of drug-likeness (QED) is 0.135. The van der Waals surface area contributed by atoms with Crippen LogP contribution in [-0.2, 0) is 24.0 Å². The zero-order valence-electron chi connectivity index (χ0n) is 18.6. The third kappa shape index (κ3) is 10.5. The van der Waals surface area contributed by atoms with Crippen LogP contribution in [0.5, 0.6) is 0 Å². The second kappa shape index (κ2) is 13.6. The fourth-order valence-electron chi connectivity index (χ4n) is 2.64. The normalized spacial score (nSPS) is 16.8. The SMILES string of the molecule is CC(C)CC(NC(=O)C(NC(=O)C(CCC(=O)O)NC(=O)C(N)C(C)O)C(C)O)C(=O)O. The molecule has 0 aromatic rings. The number of aliphatic carboxylic acids is 2. The largest absolute Gasteiger partial charge is 0.481 e. The summed E-state index contributed by atoms with van der Waals surface area (Å²) in [5.74, 6) is -5.49. The van der Waals surface area contributed by atoms with Gasteiger partial charge in [0.25, 0.3) is 0 Å². The minimum absolute atomic E-state index is 0.0651. The van der Waals surface area contributed by atoms with Gasteiger partial charge in [-0.15, -0.1) is 0 Å². The Morgan fingerprint density at radius 2 is 1.31 bits per heavy atom. The molecule has 0 rings (SSSR count). The highest BCUT2D eigenvalue weighted by molar-refractivity contribution is 5.94. The molecule has 0 heterocycles. The van der Waals surface area contributed by atoms with Crippen molar-refractivity contribution in [1.29, 1.82) is 0 Å². The molecule has 3 amide bonds. The second-order valence-electron chi connectivity index (χ2n) is 8.02. The average molecular weight is 463 g/mol. The molecule has 0 aliphatic carbocycles. The van der Waals surface area contributed by atoms with Crippen LogP contribution in [0.4, 0.5) is 0 Å². The Morgan fingerprint density at radius 1 is 0.781 bits per heavy atom. The molecule has 184 valence electrons. The van der Waals surface area contributed by atoms with Crippen LogP contribution in [0, 0.1) is 5.92 Å². The van der Waals surface area contributed by atoms with Gasteiger partial charge < -0.3 is 42.1 Å². The number of rotatable bonds is 14. The van der Waals surface area contributed by atoms with Crippen molar-refractivity contribution in [3.63, 3.8) is 0 Å². The molecule has 0 aromatic carbocycles. The molecular weight excluding hydrogens is 428 g/mol. The van der Waals surface area contributed by atoms with Gasteiger partial charge in [-0.25, -0.2) is 4.79 Å². The van der Waals surface area contributed by atoms with Crippen LogP contribution in [0.25, 0.3) is 0 Å². The van der Waals surface area contributed by atoms with Crippen molar-refractivity contribution >= 4 is 29.7 Å². The van der Waals surface area contributed by atoms with Crippen molar-refractivity contribution in [2.24, 2.45) is 11.7 Å². The van der Waals surface area contributed by atoms with E-state index in [2.05, 4.69) is 16.0 Å². The Bertz CT molecular complexity index is 682. The fraction of sp³-hybridized carbons (Fsp3) is 0.737. The molecule has 6 unspecified atom stereocenters. The number of carboxylic acid groups (broad SMARTS) is 2. The van der Waals surface area contributed by atoms with E-state index < -0.39 is 72.5 Å². The molecule has 0 fully saturated rings. The minimum atomic E-state index is -1.58. The number of hydrogen-bond acceptors (Lipinski definition) is 8. The number of carbonyl (C=O) groups is 5. The highest BCUT2D eigenvalue weighted by atomic mass is 16.4. The molecule has 0 aliphatic heterocycles. The maximum atomic E-state index is 12.7. The summed E-state index contributed by atoms with van der Waals surface area (Å²) in [6.45, 7) is 5.95. The number of carbonyl (C=O) groups excluding carboxylic acids is 3. The summed E-state index contributed by atoms with van der Waals surface area (Å²) in [6, 6.07) is -5.67. The molecule has 0 aromatic heterocycles. The van der Waals surface area contributed by atoms with E-state index in [1.807, 2.05) is 0 Å². The molecule has 0 saturated carbocycles. The number of carboxylic acids is 2. The fourth-order valence-corrected chi connectivity index (χ4v) is 2.64. The Hall–Kier alpha value is -2.77. The first-order valence-electron chi connectivity index (χ1n) is 10.1. The Labute approximate surface area is 185 Å². The molecule has 0 spiro atoms. The van der Waals surface area contributed by atoms with E-state index in [0.29, 0.717) is 0 Å². The number of nitrogens with one attached hydrogen (secondary N) is 3. The number of aliphatic hydroxyl groups is 2. The van der Waals surface area contributed by atoms with Gasteiger partial charge in [-0.1, -0.05) is 13.8 Å².